The number of amides is 1. The minimum Gasteiger partial charge on any atom is -0.480 e. The molecule has 2 aliphatic rings. The Bertz CT molecular complexity index is 433. The molecule has 1 saturated heterocycles. The number of aliphatic carboxylic acids is 1. The van der Waals surface area contributed by atoms with Gasteiger partial charge in [0, 0.05) is 20.0 Å². The summed E-state index contributed by atoms with van der Waals surface area (Å²) in [6.45, 7) is 2.65. The number of hydrogen-bond acceptors (Lipinski definition) is 5. The molecule has 0 radical (unpaired) electrons. The molecule has 1 aliphatic carbocycles. The Balaban J connectivity index is 2.10. The van der Waals surface area contributed by atoms with Crippen LogP contribution in [0.2, 0.25) is 6.32 Å². The van der Waals surface area contributed by atoms with E-state index in [9.17, 15) is 14.7 Å². The first-order chi connectivity index (χ1) is 9.75. The third kappa shape index (κ3) is 3.07. The summed E-state index contributed by atoms with van der Waals surface area (Å²) in [6.07, 6.45) is 1.63. The van der Waals surface area contributed by atoms with Gasteiger partial charge in [-0.1, -0.05) is 6.42 Å². The number of hydrogen-bond donors (Lipinski definition) is 4. The summed E-state index contributed by atoms with van der Waals surface area (Å²) in [6, 6.07) is 0. The third-order valence-corrected chi connectivity index (χ3v) is 5.09. The Morgan fingerprint density at radius 2 is 2.05 bits per heavy atom. The van der Waals surface area contributed by atoms with Gasteiger partial charge in [0.1, 0.15) is 5.54 Å². The van der Waals surface area contributed by atoms with Crippen molar-refractivity contribution in [2.45, 2.75) is 38.0 Å². The highest BCUT2D eigenvalue weighted by molar-refractivity contribution is 6.40. The van der Waals surface area contributed by atoms with E-state index in [1.807, 2.05) is 0 Å². The van der Waals surface area contributed by atoms with Crippen LogP contribution >= 0.6 is 0 Å². The van der Waals surface area contributed by atoms with Gasteiger partial charge in [0.2, 0.25) is 5.91 Å². The summed E-state index contributed by atoms with van der Waals surface area (Å²) in [5.74, 6) is -1.01. The third-order valence-electron chi connectivity index (χ3n) is 5.09. The maximum absolute atomic E-state index is 11.6. The SMILES string of the molecule is CC(=O)N1CC2C(CCCB(O)O)C(N)(C(=O)O)C[C@H]2C1. The fraction of sp³-hybridized carbons (Fsp3) is 0.846. The number of likely N-dealkylation sites (tertiary alicyclic amines) is 1. The molecule has 1 aliphatic heterocycles. The molecule has 0 aromatic heterocycles. The number of carbonyl (C=O) groups is 2. The normalized spacial score (nSPS) is 34.9. The van der Waals surface area contributed by atoms with Crippen LogP contribution in [-0.4, -0.2) is 57.7 Å². The molecule has 5 N–H and O–H groups in total. The number of carboxylic acids is 1. The van der Waals surface area contributed by atoms with Crippen molar-refractivity contribution in [2.75, 3.05) is 13.1 Å². The molecule has 8 heteroatoms. The van der Waals surface area contributed by atoms with Crippen molar-refractivity contribution in [3.8, 4) is 0 Å². The van der Waals surface area contributed by atoms with E-state index >= 15 is 0 Å². The van der Waals surface area contributed by atoms with E-state index in [-0.39, 0.29) is 30.0 Å². The molecule has 1 heterocycles. The Morgan fingerprint density at radius 3 is 2.57 bits per heavy atom. The van der Waals surface area contributed by atoms with Gasteiger partial charge in [0.05, 0.1) is 0 Å². The van der Waals surface area contributed by atoms with Crippen LogP contribution in [0.4, 0.5) is 0 Å². The van der Waals surface area contributed by atoms with Crippen LogP contribution in [0.15, 0.2) is 0 Å². The molecule has 3 unspecified atom stereocenters. The van der Waals surface area contributed by atoms with Gasteiger partial charge in [-0.3, -0.25) is 9.59 Å². The fourth-order valence-electron chi connectivity index (χ4n) is 4.03. The van der Waals surface area contributed by atoms with Crippen molar-refractivity contribution >= 4 is 19.0 Å². The van der Waals surface area contributed by atoms with Gasteiger partial charge < -0.3 is 25.8 Å². The van der Waals surface area contributed by atoms with Crippen molar-refractivity contribution in [2.24, 2.45) is 23.5 Å². The zero-order chi connectivity index (χ0) is 15.8. The first kappa shape index (κ1) is 16.3. The number of nitrogens with two attached hydrogens (primary N) is 1. The van der Waals surface area contributed by atoms with Crippen LogP contribution < -0.4 is 5.73 Å². The maximum Gasteiger partial charge on any atom is 0.451 e. The molecule has 118 valence electrons. The van der Waals surface area contributed by atoms with Crippen LogP contribution in [0, 0.1) is 17.8 Å². The Labute approximate surface area is 124 Å². The van der Waals surface area contributed by atoms with E-state index in [0.29, 0.717) is 32.4 Å². The van der Waals surface area contributed by atoms with Crippen LogP contribution in [-0.2, 0) is 9.59 Å². The second-order valence-electron chi connectivity index (χ2n) is 6.42. The second-order valence-corrected chi connectivity index (χ2v) is 6.42. The van der Waals surface area contributed by atoms with E-state index in [1.165, 1.54) is 6.92 Å². The average molecular weight is 298 g/mol. The summed E-state index contributed by atoms with van der Waals surface area (Å²) in [7, 11) is -1.38. The number of carboxylic acid groups (broad SMARTS) is 1. The smallest absolute Gasteiger partial charge is 0.451 e. The van der Waals surface area contributed by atoms with Crippen molar-refractivity contribution in [1.82, 2.24) is 4.90 Å². The van der Waals surface area contributed by atoms with Crippen molar-refractivity contribution in [1.29, 1.82) is 0 Å². The molecule has 4 atom stereocenters. The van der Waals surface area contributed by atoms with E-state index in [4.69, 9.17) is 15.8 Å². The van der Waals surface area contributed by atoms with Crippen LogP contribution in [0.25, 0.3) is 0 Å². The van der Waals surface area contributed by atoms with Crippen LogP contribution in [0.3, 0.4) is 0 Å². The van der Waals surface area contributed by atoms with Crippen LogP contribution in [0.1, 0.15) is 26.2 Å². The lowest BCUT2D eigenvalue weighted by Crippen LogP contribution is -2.53. The maximum atomic E-state index is 11.6. The van der Waals surface area contributed by atoms with Crippen molar-refractivity contribution < 1.29 is 24.7 Å². The topological polar surface area (TPSA) is 124 Å². The Kier molecular flexibility index (Phi) is 4.60. The van der Waals surface area contributed by atoms with E-state index < -0.39 is 18.6 Å². The molecular formula is C13H23BN2O5. The molecular weight excluding hydrogens is 275 g/mol. The number of fused-ring (bicyclic) bond motifs is 1. The summed E-state index contributed by atoms with van der Waals surface area (Å²) in [5, 5.41) is 27.3. The van der Waals surface area contributed by atoms with Gasteiger partial charge in [-0.25, -0.2) is 0 Å². The summed E-state index contributed by atoms with van der Waals surface area (Å²) in [4.78, 5) is 24.8. The van der Waals surface area contributed by atoms with Gasteiger partial charge in [-0.05, 0) is 36.9 Å². The average Bonchev–Trinajstić information content (AvgIpc) is 2.87. The van der Waals surface area contributed by atoms with Gasteiger partial charge in [-0.15, -0.1) is 0 Å². The van der Waals surface area contributed by atoms with E-state index in [1.54, 1.807) is 4.90 Å². The van der Waals surface area contributed by atoms with Gasteiger partial charge in [0.25, 0.3) is 0 Å². The molecule has 2 rings (SSSR count). The highest BCUT2D eigenvalue weighted by atomic mass is 16.4. The highest BCUT2D eigenvalue weighted by Gasteiger charge is 2.58. The number of rotatable bonds is 5. The number of nitrogens with zero attached hydrogens (tertiary/aromatic N) is 1. The lowest BCUT2D eigenvalue weighted by Gasteiger charge is -2.31. The van der Waals surface area contributed by atoms with Crippen molar-refractivity contribution in [3.63, 3.8) is 0 Å². The molecule has 2 fully saturated rings. The van der Waals surface area contributed by atoms with Crippen LogP contribution in [0.5, 0.6) is 0 Å². The monoisotopic (exact) mass is 298 g/mol. The van der Waals surface area contributed by atoms with Gasteiger partial charge in [-0.2, -0.15) is 0 Å². The molecule has 0 spiro atoms. The summed E-state index contributed by atoms with van der Waals surface area (Å²) >= 11 is 0. The first-order valence-electron chi connectivity index (χ1n) is 7.39. The zero-order valence-corrected chi connectivity index (χ0v) is 12.2. The van der Waals surface area contributed by atoms with E-state index in [2.05, 4.69) is 0 Å². The lowest BCUT2D eigenvalue weighted by molar-refractivity contribution is -0.145. The minimum atomic E-state index is -1.38. The van der Waals surface area contributed by atoms with Gasteiger partial charge >= 0.3 is 13.1 Å². The highest BCUT2D eigenvalue weighted by Crippen LogP contribution is 2.49. The molecule has 21 heavy (non-hydrogen) atoms. The lowest BCUT2D eigenvalue weighted by atomic mass is 9.76. The largest absolute Gasteiger partial charge is 0.480 e. The Morgan fingerprint density at radius 1 is 1.38 bits per heavy atom. The van der Waals surface area contributed by atoms with E-state index in [0.717, 1.165) is 0 Å². The quantitative estimate of drug-likeness (QED) is 0.489. The standard InChI is InChI=1S/C13H23BN2O5/c1-8(17)16-6-9-5-13(15,12(18)19)11(10(9)7-16)3-2-4-14(20)21/h9-11,20-21H,2-7,15H2,1H3,(H,18,19)/t9-,10?,11?,13?/m0/s1. The number of carbonyl (C=O) groups excluding carboxylic acids is 1. The molecule has 1 amide bonds. The Hall–Kier alpha value is -1.12. The molecule has 7 nitrogen and oxygen atoms in total. The zero-order valence-electron chi connectivity index (χ0n) is 12.2. The van der Waals surface area contributed by atoms with Gasteiger partial charge in [0.15, 0.2) is 0 Å². The predicted molar refractivity (Wildman–Crippen MR) is 76.1 cm³/mol. The molecule has 0 aromatic rings. The molecule has 0 bridgehead atoms. The first-order valence-corrected chi connectivity index (χ1v) is 7.39. The predicted octanol–water partition coefficient (Wildman–Crippen LogP) is -0.864. The minimum absolute atomic E-state index is 0.00637. The summed E-state index contributed by atoms with van der Waals surface area (Å²) in [5.41, 5.74) is 4.88. The molecule has 1 saturated carbocycles. The second kappa shape index (κ2) is 5.94. The molecule has 0 aromatic carbocycles. The summed E-state index contributed by atoms with van der Waals surface area (Å²) < 4.78 is 0. The fourth-order valence-corrected chi connectivity index (χ4v) is 4.03. The van der Waals surface area contributed by atoms with Crippen molar-refractivity contribution in [3.05, 3.63) is 0 Å².